The van der Waals surface area contributed by atoms with Gasteiger partial charge >= 0.3 is 5.97 Å². The number of nitrogens with zero attached hydrogens (tertiary/aromatic N) is 6. The second-order valence-corrected chi connectivity index (χ2v) is 17.6. The normalized spacial score (nSPS) is 15.4. The SMILES string of the molecule is O=C(O)C1=NN(c2ccc(SOOO)cc2)C(=O)C1N=Nc1ccc(NN=c2c(SOOO)cc3cc(S(=O)(=O)O)c(=NNc4ccc([NH+]([O-])O)cc4SOOO)c(=O)c=3c2=O)c(S(=O)(=O)O)c1. The summed E-state index contributed by atoms with van der Waals surface area (Å²) in [5.41, 5.74) is -0.605. The van der Waals surface area contributed by atoms with Crippen molar-refractivity contribution < 1.29 is 95.0 Å². The zero-order valence-electron chi connectivity index (χ0n) is 32.5. The number of amides is 1. The Morgan fingerprint density at radius 3 is 1.96 bits per heavy atom. The van der Waals surface area contributed by atoms with Gasteiger partial charge in [-0.25, -0.2) is 25.8 Å². The zero-order valence-corrected chi connectivity index (χ0v) is 36.6. The van der Waals surface area contributed by atoms with Crippen LogP contribution in [0.15, 0.2) is 132 Å². The molecule has 2 atom stereocenters. The van der Waals surface area contributed by atoms with Crippen LogP contribution >= 0.6 is 36.1 Å². The zero-order chi connectivity index (χ0) is 49.5. The van der Waals surface area contributed by atoms with Crippen molar-refractivity contribution in [1.29, 1.82) is 0 Å². The summed E-state index contributed by atoms with van der Waals surface area (Å²) < 4.78 is 83.5. The molecule has 0 bridgehead atoms. The lowest BCUT2D eigenvalue weighted by atomic mass is 10.1. The number of anilines is 3. The molecular weight excluding hydrogens is 1020 g/mol. The molecule has 31 nitrogen and oxygen atoms in total. The van der Waals surface area contributed by atoms with Gasteiger partial charge in [-0.05, 0) is 65.9 Å². The van der Waals surface area contributed by atoms with Gasteiger partial charge in [-0.2, -0.15) is 52.6 Å². The molecule has 0 spiro atoms. The number of hydrazone groups is 1. The molecule has 2 aliphatic carbocycles. The predicted octanol–water partition coefficient (Wildman–Crippen LogP) is 0.984. The molecule has 1 aliphatic heterocycles. The Labute approximate surface area is 387 Å². The second kappa shape index (κ2) is 21.8. The van der Waals surface area contributed by atoms with E-state index in [4.69, 9.17) is 15.8 Å². The fourth-order valence-electron chi connectivity index (χ4n) is 5.65. The summed E-state index contributed by atoms with van der Waals surface area (Å²) in [6, 6.07) is 10.9. The maximum Gasteiger partial charge on any atom is 0.355 e. The van der Waals surface area contributed by atoms with E-state index in [0.717, 1.165) is 36.4 Å². The summed E-state index contributed by atoms with van der Waals surface area (Å²) >= 11 is 0.879. The van der Waals surface area contributed by atoms with E-state index in [2.05, 4.69) is 64.5 Å². The van der Waals surface area contributed by atoms with Gasteiger partial charge in [0.15, 0.2) is 16.8 Å². The fourth-order valence-corrected chi connectivity index (χ4v) is 8.30. The van der Waals surface area contributed by atoms with E-state index in [0.29, 0.717) is 34.1 Å². The Kier molecular flexibility index (Phi) is 16.4. The number of carboxylic acid groups (broad SMARTS) is 1. The summed E-state index contributed by atoms with van der Waals surface area (Å²) in [6.45, 7) is 0. The molecule has 10 N–H and O–H groups in total. The predicted molar refractivity (Wildman–Crippen MR) is 223 cm³/mol. The van der Waals surface area contributed by atoms with E-state index in [1.54, 1.807) is 0 Å². The minimum atomic E-state index is -5.35. The van der Waals surface area contributed by atoms with Crippen molar-refractivity contribution >= 4 is 102 Å². The summed E-state index contributed by atoms with van der Waals surface area (Å²) in [7, 11) is -10.6. The Bertz CT molecular complexity index is 3380. The van der Waals surface area contributed by atoms with Crippen molar-refractivity contribution in [2.75, 3.05) is 15.9 Å². The van der Waals surface area contributed by atoms with E-state index in [1.807, 2.05) is 0 Å². The number of carbonyl (C=O) groups is 2. The standard InChI is InChI=1S/C32H23N9O22S5/c42-29-24-13(10-23(68(55,56)57)26(30(24)43)37-34-18-8-4-16(41(47)48)12-20(18)65-62-59-50)9-21(66-63-60-51)25(29)36-35-19-7-1-14(11-22(19)67(52,53)54)33-38-27-28(32(45)46)39-40(31(27)44)15-2-5-17(6-3-15)64-61-58-49/h1-12,27,34-35,41,47,49-51H,(H,45,46)(H,52,53,54)(H,55,56,57). The molecule has 6 rings (SSSR count). The Morgan fingerprint density at radius 2 is 1.34 bits per heavy atom. The van der Waals surface area contributed by atoms with Crippen LogP contribution < -0.4 is 42.7 Å². The van der Waals surface area contributed by atoms with Gasteiger partial charge in [0.25, 0.3) is 26.1 Å². The summed E-state index contributed by atoms with van der Waals surface area (Å²) in [5, 5.41) is 81.8. The first kappa shape index (κ1) is 51.2. The lowest BCUT2D eigenvalue weighted by Crippen LogP contribution is -2.99. The van der Waals surface area contributed by atoms with Gasteiger partial charge in [-0.15, -0.1) is 13.0 Å². The highest BCUT2D eigenvalue weighted by Crippen LogP contribution is 2.31. The van der Waals surface area contributed by atoms with E-state index in [-0.39, 0.29) is 46.0 Å². The van der Waals surface area contributed by atoms with Crippen LogP contribution in [0.1, 0.15) is 0 Å². The maximum atomic E-state index is 14.0. The minimum absolute atomic E-state index is 0.0524. The van der Waals surface area contributed by atoms with Crippen molar-refractivity contribution in [2.45, 2.75) is 30.5 Å². The number of azo groups is 1. The molecular formula is C32H23N9O22S5. The number of hydrogen-bond acceptors (Lipinski definition) is 29. The van der Waals surface area contributed by atoms with Crippen LogP contribution in [0.3, 0.4) is 0 Å². The fraction of sp³-hybridized carbons (Fsp3) is 0.0312. The molecule has 3 aromatic carbocycles. The summed E-state index contributed by atoms with van der Waals surface area (Å²) in [6.07, 6.45) is 0. The van der Waals surface area contributed by atoms with Crippen LogP contribution in [0.25, 0.3) is 0 Å². The third kappa shape index (κ3) is 11.7. The number of hydrogen-bond donors (Lipinski definition) is 10. The minimum Gasteiger partial charge on any atom is -0.595 e. The average Bonchev–Trinajstić information content (AvgIpc) is 3.63. The first-order valence-electron chi connectivity index (χ1n) is 17.3. The Hall–Kier alpha value is -6.24. The van der Waals surface area contributed by atoms with Gasteiger partial charge in [-0.3, -0.25) is 34.3 Å². The molecule has 3 aliphatic rings. The highest BCUT2D eigenvalue weighted by Gasteiger charge is 2.41. The van der Waals surface area contributed by atoms with E-state index < -0.39 is 107 Å². The molecule has 358 valence electrons. The lowest BCUT2D eigenvalue weighted by Gasteiger charge is -2.14. The van der Waals surface area contributed by atoms with Gasteiger partial charge in [-0.1, -0.05) is 15.1 Å². The smallest absolute Gasteiger partial charge is 0.355 e. The molecule has 0 fully saturated rings. The highest BCUT2D eigenvalue weighted by molar-refractivity contribution is 7.95. The average molecular weight is 1050 g/mol. The molecule has 0 saturated carbocycles. The van der Waals surface area contributed by atoms with Gasteiger partial charge in [0.2, 0.25) is 16.9 Å². The van der Waals surface area contributed by atoms with Crippen molar-refractivity contribution in [1.82, 2.24) is 0 Å². The number of rotatable bonds is 20. The van der Waals surface area contributed by atoms with Crippen LogP contribution in [0, 0.1) is 15.6 Å². The highest BCUT2D eigenvalue weighted by atomic mass is 32.2. The number of quaternary nitrogens is 1. The number of carbonyl (C=O) groups excluding carboxylic acids is 1. The monoisotopic (exact) mass is 1040 g/mol. The van der Waals surface area contributed by atoms with Crippen molar-refractivity contribution in [3.8, 4) is 0 Å². The van der Waals surface area contributed by atoms with Gasteiger partial charge < -0.3 is 10.3 Å². The quantitative estimate of drug-likeness (QED) is 0.0171. The molecule has 0 saturated heterocycles. The van der Waals surface area contributed by atoms with Gasteiger partial charge in [0.1, 0.15) is 15.1 Å². The Balaban J connectivity index is 1.40. The number of aliphatic carboxylic acids is 1. The van der Waals surface area contributed by atoms with Crippen molar-refractivity contribution in [3.63, 3.8) is 0 Å². The molecule has 3 aromatic rings. The van der Waals surface area contributed by atoms with Crippen molar-refractivity contribution in [3.05, 3.63) is 120 Å². The first-order chi connectivity index (χ1) is 32.3. The van der Waals surface area contributed by atoms with Gasteiger partial charge in [0, 0.05) is 17.0 Å². The number of nitrogens with one attached hydrogen (secondary N) is 3. The molecule has 0 aromatic heterocycles. The van der Waals surface area contributed by atoms with Crippen LogP contribution in [0.4, 0.5) is 28.4 Å². The molecule has 0 radical (unpaired) electrons. The summed E-state index contributed by atoms with van der Waals surface area (Å²) in [4.78, 5) is 50.8. The molecule has 36 heteroatoms. The Morgan fingerprint density at radius 1 is 0.750 bits per heavy atom. The summed E-state index contributed by atoms with van der Waals surface area (Å²) in [5.74, 6) is -2.68. The third-order valence-corrected chi connectivity index (χ3v) is 12.1. The topological polar surface area (TPSA) is 450 Å². The molecule has 1 amide bonds. The molecule has 1 heterocycles. The largest absolute Gasteiger partial charge is 0.595 e. The van der Waals surface area contributed by atoms with Gasteiger partial charge in [0.05, 0.1) is 73.9 Å². The lowest BCUT2D eigenvalue weighted by molar-refractivity contribution is -0.991. The first-order valence-corrected chi connectivity index (χ1v) is 22.4. The van der Waals surface area contributed by atoms with Crippen LogP contribution in [-0.4, -0.2) is 75.7 Å². The van der Waals surface area contributed by atoms with E-state index in [1.165, 1.54) is 24.3 Å². The molecule has 68 heavy (non-hydrogen) atoms. The van der Waals surface area contributed by atoms with Crippen LogP contribution in [0.5, 0.6) is 0 Å². The number of carboxylic acids is 1. The van der Waals surface area contributed by atoms with E-state index >= 15 is 0 Å². The van der Waals surface area contributed by atoms with Crippen LogP contribution in [-0.2, 0) is 57.9 Å². The van der Waals surface area contributed by atoms with Crippen LogP contribution in [0.2, 0.25) is 0 Å². The van der Waals surface area contributed by atoms with Crippen molar-refractivity contribution in [2.24, 2.45) is 25.5 Å². The maximum absolute atomic E-state index is 14.0. The molecule has 2 unspecified atom stereocenters. The third-order valence-electron chi connectivity index (χ3n) is 8.51. The number of benzene rings is 3. The van der Waals surface area contributed by atoms with E-state index in [9.17, 15) is 60.6 Å². The second-order valence-electron chi connectivity index (χ2n) is 12.5.